The number of aliphatic imine (C=N–C) groups is 1. The van der Waals surface area contributed by atoms with Crippen LogP contribution in [0, 0.1) is 0 Å². The Balaban J connectivity index is 1.80. The third kappa shape index (κ3) is 4.88. The van der Waals surface area contributed by atoms with Gasteiger partial charge in [0.2, 0.25) is 5.96 Å². The molecule has 2 atom stereocenters. The Hall–Kier alpha value is -0.420. The van der Waals surface area contributed by atoms with Gasteiger partial charge < -0.3 is 5.32 Å². The minimum Gasteiger partial charge on any atom is -0.353 e. The van der Waals surface area contributed by atoms with Gasteiger partial charge in [0.05, 0.1) is 6.04 Å². The largest absolute Gasteiger partial charge is 0.353 e. The fourth-order valence-corrected chi connectivity index (χ4v) is 4.30. The van der Waals surface area contributed by atoms with Gasteiger partial charge in [-0.05, 0) is 37.9 Å². The average Bonchev–Trinajstić information content (AvgIpc) is 2.87. The van der Waals surface area contributed by atoms with Crippen molar-refractivity contribution < 1.29 is 0 Å². The van der Waals surface area contributed by atoms with Crippen molar-refractivity contribution in [2.24, 2.45) is 10.8 Å². The molecular weight excluding hydrogens is 256 g/mol. The van der Waals surface area contributed by atoms with Crippen LogP contribution >= 0.6 is 11.8 Å². The quantitative estimate of drug-likeness (QED) is 0.321. The molecule has 0 amide bonds. The summed E-state index contributed by atoms with van der Waals surface area (Å²) in [6.07, 6.45) is 10.2. The van der Waals surface area contributed by atoms with E-state index in [1.165, 1.54) is 57.1 Å². The minimum atomic E-state index is 0.467. The van der Waals surface area contributed by atoms with Crippen LogP contribution in [0.25, 0.3) is 0 Å². The summed E-state index contributed by atoms with van der Waals surface area (Å²) in [5, 5.41) is 4.32. The highest BCUT2D eigenvalue weighted by atomic mass is 32.2. The summed E-state index contributed by atoms with van der Waals surface area (Å²) in [6.45, 7) is 2.24. The molecule has 0 aromatic rings. The van der Waals surface area contributed by atoms with Crippen molar-refractivity contribution in [2.75, 3.05) is 5.75 Å². The van der Waals surface area contributed by atoms with Crippen molar-refractivity contribution in [1.82, 2.24) is 10.7 Å². The third-order valence-electron chi connectivity index (χ3n) is 4.15. The van der Waals surface area contributed by atoms with Crippen molar-refractivity contribution >= 4 is 17.7 Å². The number of nitrogens with zero attached hydrogens (tertiary/aromatic N) is 1. The summed E-state index contributed by atoms with van der Waals surface area (Å²) in [4.78, 5) is 4.75. The molecule has 2 rings (SSSR count). The number of nitrogens with one attached hydrogen (secondary N) is 2. The number of thioether (sulfide) groups is 1. The maximum absolute atomic E-state index is 5.61. The van der Waals surface area contributed by atoms with Gasteiger partial charge in [0.15, 0.2) is 0 Å². The van der Waals surface area contributed by atoms with E-state index in [1.54, 1.807) is 0 Å². The molecule has 2 fully saturated rings. The lowest BCUT2D eigenvalue weighted by Crippen LogP contribution is -2.46. The molecule has 0 aliphatic heterocycles. The zero-order valence-corrected chi connectivity index (χ0v) is 12.8. The highest BCUT2D eigenvalue weighted by molar-refractivity contribution is 7.99. The molecule has 0 spiro atoms. The summed E-state index contributed by atoms with van der Waals surface area (Å²) < 4.78 is 0. The fraction of sp³-hybridized carbons (Fsp3) is 0.929. The van der Waals surface area contributed by atoms with E-state index in [9.17, 15) is 0 Å². The molecule has 0 radical (unpaired) electrons. The molecule has 2 aliphatic rings. The van der Waals surface area contributed by atoms with Gasteiger partial charge in [-0.15, -0.1) is 0 Å². The highest BCUT2D eigenvalue weighted by Gasteiger charge is 2.25. The van der Waals surface area contributed by atoms with Crippen molar-refractivity contribution in [3.05, 3.63) is 0 Å². The molecule has 2 aliphatic carbocycles. The fourth-order valence-electron chi connectivity index (χ4n) is 3.16. The van der Waals surface area contributed by atoms with Crippen LogP contribution in [0.3, 0.4) is 0 Å². The van der Waals surface area contributed by atoms with E-state index >= 15 is 0 Å². The van der Waals surface area contributed by atoms with Crippen LogP contribution in [0.2, 0.25) is 0 Å². The van der Waals surface area contributed by atoms with Crippen LogP contribution in [0.1, 0.15) is 58.3 Å². The molecule has 4 N–H and O–H groups in total. The zero-order valence-electron chi connectivity index (χ0n) is 12.0. The molecule has 0 aromatic carbocycles. The van der Waals surface area contributed by atoms with E-state index in [1.807, 2.05) is 0 Å². The first-order chi connectivity index (χ1) is 9.31. The summed E-state index contributed by atoms with van der Waals surface area (Å²) in [5.74, 6) is 7.64. The molecule has 110 valence electrons. The Labute approximate surface area is 121 Å². The minimum absolute atomic E-state index is 0.467. The molecule has 0 aromatic heterocycles. The lowest BCUT2D eigenvalue weighted by molar-refractivity contribution is 0.439. The van der Waals surface area contributed by atoms with Gasteiger partial charge >= 0.3 is 0 Å². The third-order valence-corrected chi connectivity index (χ3v) is 5.38. The number of nitrogens with two attached hydrogens (primary N) is 1. The first kappa shape index (κ1) is 15.0. The van der Waals surface area contributed by atoms with Crippen LogP contribution in [0.4, 0.5) is 0 Å². The van der Waals surface area contributed by atoms with E-state index in [-0.39, 0.29) is 0 Å². The molecule has 19 heavy (non-hydrogen) atoms. The summed E-state index contributed by atoms with van der Waals surface area (Å²) in [5.41, 5.74) is 2.76. The van der Waals surface area contributed by atoms with Gasteiger partial charge in [-0.25, -0.2) is 10.8 Å². The number of hydrogen-bond acceptors (Lipinski definition) is 3. The number of hydrazine groups is 1. The molecule has 2 saturated carbocycles. The lowest BCUT2D eigenvalue weighted by Gasteiger charge is -2.21. The van der Waals surface area contributed by atoms with Crippen LogP contribution in [0.5, 0.6) is 0 Å². The monoisotopic (exact) mass is 284 g/mol. The van der Waals surface area contributed by atoms with Crippen LogP contribution < -0.4 is 16.6 Å². The number of guanidine groups is 1. The maximum Gasteiger partial charge on any atom is 0.206 e. The van der Waals surface area contributed by atoms with Gasteiger partial charge in [-0.3, -0.25) is 5.43 Å². The highest BCUT2D eigenvalue weighted by Crippen LogP contribution is 2.29. The smallest absolute Gasteiger partial charge is 0.206 e. The van der Waals surface area contributed by atoms with E-state index in [0.717, 1.165) is 11.2 Å². The van der Waals surface area contributed by atoms with Gasteiger partial charge in [0.1, 0.15) is 0 Å². The van der Waals surface area contributed by atoms with E-state index in [2.05, 4.69) is 29.4 Å². The van der Waals surface area contributed by atoms with Crippen molar-refractivity contribution in [3.8, 4) is 0 Å². The molecule has 0 saturated heterocycles. The van der Waals surface area contributed by atoms with Gasteiger partial charge in [-0.1, -0.05) is 26.2 Å². The van der Waals surface area contributed by atoms with Crippen LogP contribution in [0.15, 0.2) is 4.99 Å². The predicted molar refractivity (Wildman–Crippen MR) is 84.3 cm³/mol. The van der Waals surface area contributed by atoms with Gasteiger partial charge in [-0.2, -0.15) is 11.8 Å². The Morgan fingerprint density at radius 1 is 1.21 bits per heavy atom. The predicted octanol–water partition coefficient (Wildman–Crippen LogP) is 2.40. The zero-order chi connectivity index (χ0) is 13.5. The first-order valence-electron chi connectivity index (χ1n) is 7.74. The standard InChI is InChI=1S/C14H28N4S/c1-2-19-13-9-8-12(10-13)17-14(18-15)16-11-6-4-3-5-7-11/h11-13H,2-10,15H2,1H3,(H2,16,17,18). The van der Waals surface area contributed by atoms with Crippen molar-refractivity contribution in [1.29, 1.82) is 0 Å². The Kier molecular flexibility index (Phi) is 6.31. The van der Waals surface area contributed by atoms with Gasteiger partial charge in [0.25, 0.3) is 0 Å². The summed E-state index contributed by atoms with van der Waals surface area (Å²) in [7, 11) is 0. The van der Waals surface area contributed by atoms with E-state index in [4.69, 9.17) is 10.8 Å². The topological polar surface area (TPSA) is 62.4 Å². The second-order valence-electron chi connectivity index (χ2n) is 5.65. The van der Waals surface area contributed by atoms with Crippen molar-refractivity contribution in [2.45, 2.75) is 75.6 Å². The number of hydrogen-bond donors (Lipinski definition) is 3. The lowest BCUT2D eigenvalue weighted by atomic mass is 9.96. The summed E-state index contributed by atoms with van der Waals surface area (Å²) in [6, 6.07) is 1.01. The second kappa shape index (κ2) is 8.00. The maximum atomic E-state index is 5.61. The van der Waals surface area contributed by atoms with Crippen LogP contribution in [-0.2, 0) is 0 Å². The van der Waals surface area contributed by atoms with Crippen LogP contribution in [-0.4, -0.2) is 29.0 Å². The van der Waals surface area contributed by atoms with E-state index in [0.29, 0.717) is 12.1 Å². The first-order valence-corrected chi connectivity index (χ1v) is 8.79. The molecule has 0 bridgehead atoms. The molecule has 2 unspecified atom stereocenters. The Morgan fingerprint density at radius 2 is 2.00 bits per heavy atom. The molecule has 0 heterocycles. The number of rotatable bonds is 4. The van der Waals surface area contributed by atoms with Crippen molar-refractivity contribution in [3.63, 3.8) is 0 Å². The molecule has 5 heteroatoms. The second-order valence-corrected chi connectivity index (χ2v) is 7.22. The average molecular weight is 284 g/mol. The summed E-state index contributed by atoms with van der Waals surface area (Å²) >= 11 is 2.08. The SMILES string of the molecule is CCSC1CCC(NC(=NC2CCCCC2)NN)C1. The molecule has 4 nitrogen and oxygen atoms in total. The van der Waals surface area contributed by atoms with E-state index < -0.39 is 0 Å². The molecular formula is C14H28N4S. The Morgan fingerprint density at radius 3 is 2.68 bits per heavy atom. The Bertz CT molecular complexity index is 289. The van der Waals surface area contributed by atoms with Gasteiger partial charge in [0, 0.05) is 11.3 Å². The normalized spacial score (nSPS) is 29.5.